The second kappa shape index (κ2) is 5.53. The molecule has 0 radical (unpaired) electrons. The lowest BCUT2D eigenvalue weighted by Crippen LogP contribution is -2.15. The van der Waals surface area contributed by atoms with E-state index in [1.54, 1.807) is 37.1 Å². The normalized spacial score (nSPS) is 10.2. The van der Waals surface area contributed by atoms with Crippen molar-refractivity contribution in [1.82, 2.24) is 9.13 Å². The Morgan fingerprint density at radius 2 is 1.67 bits per heavy atom. The lowest BCUT2D eigenvalue weighted by molar-refractivity contribution is -0.105. The van der Waals surface area contributed by atoms with Gasteiger partial charge in [0.25, 0.3) is 11.8 Å². The third kappa shape index (κ3) is 2.94. The first kappa shape index (κ1) is 14.4. The molecule has 0 atom stereocenters. The van der Waals surface area contributed by atoms with Crippen molar-refractivity contribution in [3.8, 4) is 0 Å². The Labute approximate surface area is 120 Å². The van der Waals surface area contributed by atoms with Crippen molar-refractivity contribution in [2.75, 3.05) is 10.6 Å². The molecule has 8 heteroatoms. The van der Waals surface area contributed by atoms with Gasteiger partial charge in [0.05, 0.1) is 11.4 Å². The minimum atomic E-state index is -0.575. The molecule has 0 saturated carbocycles. The minimum absolute atomic E-state index is 0.292. The van der Waals surface area contributed by atoms with Crippen LogP contribution in [-0.4, -0.2) is 27.4 Å². The van der Waals surface area contributed by atoms with Crippen LogP contribution in [0.1, 0.15) is 21.0 Å². The third-order valence-electron chi connectivity index (χ3n) is 2.98. The molecule has 4 N–H and O–H groups in total. The summed E-state index contributed by atoms with van der Waals surface area (Å²) in [6.45, 7) is 0. The Hall–Kier alpha value is -3.03. The predicted molar refractivity (Wildman–Crippen MR) is 77.0 cm³/mol. The number of carbonyl (C=O) groups excluding carboxylic acids is 3. The molecular formula is C13H15N5O3. The smallest absolute Gasteiger partial charge is 0.272 e. The molecule has 110 valence electrons. The van der Waals surface area contributed by atoms with Gasteiger partial charge < -0.3 is 25.5 Å². The van der Waals surface area contributed by atoms with Crippen molar-refractivity contribution < 1.29 is 14.4 Å². The number of carbonyl (C=O) groups is 3. The van der Waals surface area contributed by atoms with Gasteiger partial charge in [-0.2, -0.15) is 0 Å². The van der Waals surface area contributed by atoms with Gasteiger partial charge in [-0.1, -0.05) is 0 Å². The van der Waals surface area contributed by atoms with E-state index in [2.05, 4.69) is 10.6 Å². The molecule has 21 heavy (non-hydrogen) atoms. The second-order valence-corrected chi connectivity index (χ2v) is 4.53. The Bertz CT molecular complexity index is 713. The van der Waals surface area contributed by atoms with Gasteiger partial charge in [0.2, 0.25) is 6.41 Å². The zero-order chi connectivity index (χ0) is 15.6. The molecule has 0 fully saturated rings. The van der Waals surface area contributed by atoms with Crippen molar-refractivity contribution in [1.29, 1.82) is 0 Å². The monoisotopic (exact) mass is 289 g/mol. The number of hydrogen-bond donors (Lipinski definition) is 3. The van der Waals surface area contributed by atoms with Crippen molar-refractivity contribution >= 4 is 29.6 Å². The maximum Gasteiger partial charge on any atom is 0.272 e. The molecule has 0 aliphatic rings. The maximum atomic E-state index is 12.2. The Kier molecular flexibility index (Phi) is 3.79. The number of hydrogen-bond acceptors (Lipinski definition) is 3. The van der Waals surface area contributed by atoms with E-state index in [1.165, 1.54) is 10.6 Å². The summed E-state index contributed by atoms with van der Waals surface area (Å²) in [6, 6.07) is 3.04. The fraction of sp³-hybridized carbons (Fsp3) is 0.154. The van der Waals surface area contributed by atoms with Crippen LogP contribution in [0.25, 0.3) is 0 Å². The molecular weight excluding hydrogens is 274 g/mol. The topological polar surface area (TPSA) is 111 Å². The standard InChI is InChI=1S/C13H15N5O3/c1-17-6-9(4-10(17)12(14)20)16-13(21)11-3-8(15-7-19)5-18(11)2/h3-7H,1-2H3,(H2,14,20)(H,15,19)(H,16,21). The van der Waals surface area contributed by atoms with Crippen LogP contribution in [0.3, 0.4) is 0 Å². The van der Waals surface area contributed by atoms with E-state index in [-0.39, 0.29) is 5.91 Å². The molecule has 0 saturated heterocycles. The SMILES string of the molecule is Cn1cc(NC(=O)c2cc(NC=O)cn2C)cc1C(N)=O. The summed E-state index contributed by atoms with van der Waals surface area (Å²) in [5.74, 6) is -0.938. The highest BCUT2D eigenvalue weighted by Crippen LogP contribution is 2.16. The fourth-order valence-corrected chi connectivity index (χ4v) is 2.01. The first-order chi connectivity index (χ1) is 9.92. The molecule has 3 amide bonds. The summed E-state index contributed by atoms with van der Waals surface area (Å²) in [6.07, 6.45) is 3.74. The Balaban J connectivity index is 2.19. The number of nitrogens with zero attached hydrogens (tertiary/aromatic N) is 2. The highest BCUT2D eigenvalue weighted by atomic mass is 16.2. The average Bonchev–Trinajstić information content (AvgIpc) is 2.93. The number of primary amides is 1. The second-order valence-electron chi connectivity index (χ2n) is 4.53. The summed E-state index contributed by atoms with van der Waals surface area (Å²) < 4.78 is 3.11. The van der Waals surface area contributed by atoms with Crippen LogP contribution in [0.2, 0.25) is 0 Å². The number of amides is 3. The van der Waals surface area contributed by atoms with E-state index in [0.29, 0.717) is 29.2 Å². The molecule has 0 aromatic carbocycles. The van der Waals surface area contributed by atoms with E-state index < -0.39 is 5.91 Å². The van der Waals surface area contributed by atoms with Gasteiger partial charge in [-0.3, -0.25) is 14.4 Å². The third-order valence-corrected chi connectivity index (χ3v) is 2.98. The van der Waals surface area contributed by atoms with E-state index in [4.69, 9.17) is 5.73 Å². The number of rotatable bonds is 5. The molecule has 8 nitrogen and oxygen atoms in total. The fourth-order valence-electron chi connectivity index (χ4n) is 2.01. The van der Waals surface area contributed by atoms with Gasteiger partial charge in [0.1, 0.15) is 11.4 Å². The van der Waals surface area contributed by atoms with Crippen molar-refractivity contribution in [2.45, 2.75) is 0 Å². The lowest BCUT2D eigenvalue weighted by atomic mass is 10.3. The van der Waals surface area contributed by atoms with Crippen LogP contribution < -0.4 is 16.4 Å². The molecule has 0 bridgehead atoms. The van der Waals surface area contributed by atoms with Crippen molar-refractivity contribution in [3.05, 3.63) is 35.9 Å². The zero-order valence-electron chi connectivity index (χ0n) is 11.6. The van der Waals surface area contributed by atoms with E-state index in [9.17, 15) is 14.4 Å². The molecule has 0 spiro atoms. The average molecular weight is 289 g/mol. The molecule has 2 aromatic heterocycles. The van der Waals surface area contributed by atoms with Gasteiger partial charge in [0.15, 0.2) is 0 Å². The first-order valence-electron chi connectivity index (χ1n) is 6.06. The van der Waals surface area contributed by atoms with Crippen LogP contribution in [0, 0.1) is 0 Å². The van der Waals surface area contributed by atoms with Crippen LogP contribution in [-0.2, 0) is 18.9 Å². The summed E-state index contributed by atoms with van der Waals surface area (Å²) in [7, 11) is 3.34. The molecule has 2 aromatic rings. The van der Waals surface area contributed by atoms with Crippen molar-refractivity contribution in [2.24, 2.45) is 19.8 Å². The van der Waals surface area contributed by atoms with Gasteiger partial charge in [0, 0.05) is 26.5 Å². The van der Waals surface area contributed by atoms with Gasteiger partial charge in [-0.05, 0) is 12.1 Å². The number of nitrogens with one attached hydrogen (secondary N) is 2. The van der Waals surface area contributed by atoms with E-state index in [0.717, 1.165) is 0 Å². The van der Waals surface area contributed by atoms with Gasteiger partial charge in [-0.25, -0.2) is 0 Å². The van der Waals surface area contributed by atoms with E-state index >= 15 is 0 Å². The number of anilines is 2. The number of aromatic nitrogens is 2. The molecule has 2 rings (SSSR count). The van der Waals surface area contributed by atoms with Crippen LogP contribution in [0.5, 0.6) is 0 Å². The molecule has 0 unspecified atom stereocenters. The molecule has 0 aliphatic heterocycles. The lowest BCUT2D eigenvalue weighted by Gasteiger charge is -2.03. The zero-order valence-corrected chi connectivity index (χ0v) is 11.6. The van der Waals surface area contributed by atoms with Crippen LogP contribution in [0.4, 0.5) is 11.4 Å². The molecule has 0 aliphatic carbocycles. The van der Waals surface area contributed by atoms with E-state index in [1.807, 2.05) is 0 Å². The highest BCUT2D eigenvalue weighted by Gasteiger charge is 2.14. The predicted octanol–water partition coefficient (Wildman–Crippen LogP) is 0.283. The summed E-state index contributed by atoms with van der Waals surface area (Å²) in [4.78, 5) is 33.7. The van der Waals surface area contributed by atoms with Crippen LogP contribution >= 0.6 is 0 Å². The summed E-state index contributed by atoms with van der Waals surface area (Å²) in [5, 5.41) is 5.14. The molecule has 2 heterocycles. The summed E-state index contributed by atoms with van der Waals surface area (Å²) >= 11 is 0. The quantitative estimate of drug-likeness (QED) is 0.687. The summed E-state index contributed by atoms with van der Waals surface area (Å²) in [5.41, 5.74) is 6.85. The Morgan fingerprint density at radius 1 is 1.10 bits per heavy atom. The number of aryl methyl sites for hydroxylation is 2. The Morgan fingerprint density at radius 3 is 2.24 bits per heavy atom. The minimum Gasteiger partial charge on any atom is -0.364 e. The van der Waals surface area contributed by atoms with Gasteiger partial charge >= 0.3 is 0 Å². The first-order valence-corrected chi connectivity index (χ1v) is 6.06. The largest absolute Gasteiger partial charge is 0.364 e. The number of nitrogens with two attached hydrogens (primary N) is 1. The maximum absolute atomic E-state index is 12.2. The van der Waals surface area contributed by atoms with Crippen LogP contribution in [0.15, 0.2) is 24.5 Å². The van der Waals surface area contributed by atoms with Crippen molar-refractivity contribution in [3.63, 3.8) is 0 Å². The van der Waals surface area contributed by atoms with Gasteiger partial charge in [-0.15, -0.1) is 0 Å². The highest BCUT2D eigenvalue weighted by molar-refractivity contribution is 6.05.